The van der Waals surface area contributed by atoms with Crippen LogP contribution in [-0.2, 0) is 16.6 Å². The predicted octanol–water partition coefficient (Wildman–Crippen LogP) is 6.10. The number of amides is 1. The van der Waals surface area contributed by atoms with E-state index in [1.165, 1.54) is 4.31 Å². The Hall–Kier alpha value is -3.42. The number of rotatable bonds is 7. The molecular formula is C26H21BrN2O3S. The van der Waals surface area contributed by atoms with Gasteiger partial charge in [-0.1, -0.05) is 72.8 Å². The Bertz CT molecular complexity index is 1360. The Balaban J connectivity index is 1.79. The Morgan fingerprint density at radius 3 is 2.03 bits per heavy atom. The molecule has 0 spiro atoms. The van der Waals surface area contributed by atoms with Crippen molar-refractivity contribution in [1.29, 1.82) is 0 Å². The minimum absolute atomic E-state index is 0.0807. The molecule has 0 saturated carbocycles. The van der Waals surface area contributed by atoms with Gasteiger partial charge in [-0.15, -0.1) is 0 Å². The summed E-state index contributed by atoms with van der Waals surface area (Å²) in [6.07, 6.45) is 0. The van der Waals surface area contributed by atoms with Gasteiger partial charge in [0.2, 0.25) is 0 Å². The second-order valence-electron chi connectivity index (χ2n) is 7.26. The second kappa shape index (κ2) is 10.0. The molecule has 4 aromatic rings. The van der Waals surface area contributed by atoms with Gasteiger partial charge in [-0.25, -0.2) is 8.42 Å². The van der Waals surface area contributed by atoms with Crippen LogP contribution in [0.5, 0.6) is 0 Å². The molecule has 0 unspecified atom stereocenters. The molecule has 1 N–H and O–H groups in total. The number of nitrogens with one attached hydrogen (secondary N) is 1. The lowest BCUT2D eigenvalue weighted by atomic mass is 10.1. The molecule has 166 valence electrons. The normalized spacial score (nSPS) is 11.1. The zero-order valence-electron chi connectivity index (χ0n) is 17.6. The molecule has 0 aromatic heterocycles. The molecule has 0 heterocycles. The first kappa shape index (κ1) is 22.8. The van der Waals surface area contributed by atoms with Gasteiger partial charge in [0.15, 0.2) is 0 Å². The van der Waals surface area contributed by atoms with Gasteiger partial charge in [0.25, 0.3) is 15.9 Å². The van der Waals surface area contributed by atoms with E-state index in [2.05, 4.69) is 21.2 Å². The van der Waals surface area contributed by atoms with Crippen LogP contribution >= 0.6 is 15.9 Å². The summed E-state index contributed by atoms with van der Waals surface area (Å²) < 4.78 is 29.4. The van der Waals surface area contributed by atoms with Crippen LogP contribution in [0.25, 0.3) is 0 Å². The molecule has 0 aliphatic heterocycles. The number of halogens is 1. The van der Waals surface area contributed by atoms with Gasteiger partial charge in [0.05, 0.1) is 28.4 Å². The Morgan fingerprint density at radius 1 is 0.758 bits per heavy atom. The summed E-state index contributed by atoms with van der Waals surface area (Å²) in [6.45, 7) is 0.0807. The average Bonchev–Trinajstić information content (AvgIpc) is 2.85. The monoisotopic (exact) mass is 520 g/mol. The Labute approximate surface area is 201 Å². The van der Waals surface area contributed by atoms with E-state index >= 15 is 0 Å². The molecule has 0 aliphatic rings. The third kappa shape index (κ3) is 5.16. The van der Waals surface area contributed by atoms with E-state index in [4.69, 9.17) is 0 Å². The van der Waals surface area contributed by atoms with E-state index in [0.29, 0.717) is 11.4 Å². The molecule has 4 rings (SSSR count). The van der Waals surface area contributed by atoms with Crippen molar-refractivity contribution < 1.29 is 13.2 Å². The summed E-state index contributed by atoms with van der Waals surface area (Å²) in [4.78, 5) is 13.4. The first-order chi connectivity index (χ1) is 16.0. The van der Waals surface area contributed by atoms with Crippen molar-refractivity contribution in [3.05, 3.63) is 125 Å². The third-order valence-electron chi connectivity index (χ3n) is 5.04. The molecule has 0 atom stereocenters. The number of para-hydroxylation sites is 2. The number of nitrogens with zero attached hydrogens (tertiary/aromatic N) is 1. The zero-order chi connectivity index (χ0) is 23.3. The third-order valence-corrected chi connectivity index (χ3v) is 7.51. The zero-order valence-corrected chi connectivity index (χ0v) is 20.0. The SMILES string of the molecule is O=C(Nc1ccccc1Br)c1ccccc1N(Cc1ccccc1)S(=O)(=O)c1ccccc1. The molecule has 0 saturated heterocycles. The van der Waals surface area contributed by atoms with E-state index in [1.54, 1.807) is 60.7 Å². The number of hydrogen-bond acceptors (Lipinski definition) is 3. The van der Waals surface area contributed by atoms with Gasteiger partial charge < -0.3 is 5.32 Å². The first-order valence-electron chi connectivity index (χ1n) is 10.2. The van der Waals surface area contributed by atoms with Crippen molar-refractivity contribution in [2.45, 2.75) is 11.4 Å². The molecule has 7 heteroatoms. The van der Waals surface area contributed by atoms with Crippen LogP contribution in [0.2, 0.25) is 0 Å². The minimum atomic E-state index is -3.95. The van der Waals surface area contributed by atoms with Crippen molar-refractivity contribution >= 4 is 43.2 Å². The summed E-state index contributed by atoms with van der Waals surface area (Å²) in [5.74, 6) is -0.404. The van der Waals surface area contributed by atoms with Gasteiger partial charge in [-0.05, 0) is 57.9 Å². The number of sulfonamides is 1. The molecule has 4 aromatic carbocycles. The lowest BCUT2D eigenvalue weighted by molar-refractivity contribution is 0.102. The van der Waals surface area contributed by atoms with Crippen molar-refractivity contribution in [2.24, 2.45) is 0 Å². The van der Waals surface area contributed by atoms with E-state index in [1.807, 2.05) is 48.5 Å². The number of benzene rings is 4. The minimum Gasteiger partial charge on any atom is -0.321 e. The standard InChI is InChI=1S/C26H21BrN2O3S/c27-23-16-8-9-17-24(23)28-26(30)22-15-7-10-18-25(22)29(19-20-11-3-1-4-12-20)33(31,32)21-13-5-2-6-14-21/h1-18H,19H2,(H,28,30). The van der Waals surface area contributed by atoms with Crippen molar-refractivity contribution in [1.82, 2.24) is 0 Å². The van der Waals surface area contributed by atoms with Crippen LogP contribution in [0.1, 0.15) is 15.9 Å². The van der Waals surface area contributed by atoms with E-state index in [0.717, 1.165) is 10.0 Å². The highest BCUT2D eigenvalue weighted by molar-refractivity contribution is 9.10. The summed E-state index contributed by atoms with van der Waals surface area (Å²) in [7, 11) is -3.95. The Kier molecular flexibility index (Phi) is 6.91. The van der Waals surface area contributed by atoms with E-state index < -0.39 is 15.9 Å². The van der Waals surface area contributed by atoms with Crippen LogP contribution < -0.4 is 9.62 Å². The molecule has 5 nitrogen and oxygen atoms in total. The van der Waals surface area contributed by atoms with Gasteiger partial charge >= 0.3 is 0 Å². The lowest BCUT2D eigenvalue weighted by Gasteiger charge is -2.26. The molecule has 33 heavy (non-hydrogen) atoms. The highest BCUT2D eigenvalue weighted by Crippen LogP contribution is 2.30. The van der Waals surface area contributed by atoms with Crippen LogP contribution in [0.4, 0.5) is 11.4 Å². The number of hydrogen-bond donors (Lipinski definition) is 1. The molecule has 0 radical (unpaired) electrons. The predicted molar refractivity (Wildman–Crippen MR) is 135 cm³/mol. The maximum atomic E-state index is 13.7. The van der Waals surface area contributed by atoms with Crippen molar-refractivity contribution in [2.75, 3.05) is 9.62 Å². The number of carbonyl (C=O) groups is 1. The van der Waals surface area contributed by atoms with Gasteiger partial charge in [0.1, 0.15) is 0 Å². The van der Waals surface area contributed by atoms with Gasteiger partial charge in [-0.3, -0.25) is 9.10 Å². The van der Waals surface area contributed by atoms with Crippen molar-refractivity contribution in [3.63, 3.8) is 0 Å². The summed E-state index contributed by atoms with van der Waals surface area (Å²) in [5.41, 5.74) is 1.95. The van der Waals surface area contributed by atoms with Crippen LogP contribution in [0, 0.1) is 0 Å². The molecule has 1 amide bonds. The first-order valence-corrected chi connectivity index (χ1v) is 12.5. The highest BCUT2D eigenvalue weighted by atomic mass is 79.9. The molecule has 0 fully saturated rings. The molecule has 0 bridgehead atoms. The quantitative estimate of drug-likeness (QED) is 0.320. The maximum Gasteiger partial charge on any atom is 0.264 e. The topological polar surface area (TPSA) is 66.5 Å². The lowest BCUT2D eigenvalue weighted by Crippen LogP contribution is -2.32. The van der Waals surface area contributed by atoms with Gasteiger partial charge in [-0.2, -0.15) is 0 Å². The Morgan fingerprint density at radius 2 is 1.33 bits per heavy atom. The number of anilines is 2. The summed E-state index contributed by atoms with van der Waals surface area (Å²) in [6, 6.07) is 31.5. The molecule has 0 aliphatic carbocycles. The van der Waals surface area contributed by atoms with Crippen LogP contribution in [0.3, 0.4) is 0 Å². The van der Waals surface area contributed by atoms with Gasteiger partial charge in [0, 0.05) is 4.47 Å². The number of carbonyl (C=O) groups excluding carboxylic acids is 1. The van der Waals surface area contributed by atoms with E-state index in [-0.39, 0.29) is 17.0 Å². The smallest absolute Gasteiger partial charge is 0.264 e. The van der Waals surface area contributed by atoms with Crippen LogP contribution in [-0.4, -0.2) is 14.3 Å². The van der Waals surface area contributed by atoms with Crippen molar-refractivity contribution in [3.8, 4) is 0 Å². The summed E-state index contributed by atoms with van der Waals surface area (Å²) >= 11 is 3.43. The fourth-order valence-corrected chi connectivity index (χ4v) is 5.28. The fraction of sp³-hybridized carbons (Fsp3) is 0.0385. The van der Waals surface area contributed by atoms with Crippen LogP contribution in [0.15, 0.2) is 119 Å². The molecular weight excluding hydrogens is 500 g/mol. The maximum absolute atomic E-state index is 13.7. The van der Waals surface area contributed by atoms with E-state index in [9.17, 15) is 13.2 Å². The fourth-order valence-electron chi connectivity index (χ4n) is 3.40. The summed E-state index contributed by atoms with van der Waals surface area (Å²) in [5, 5.41) is 2.87. The second-order valence-corrected chi connectivity index (χ2v) is 9.98. The average molecular weight is 521 g/mol. The largest absolute Gasteiger partial charge is 0.321 e. The highest BCUT2D eigenvalue weighted by Gasteiger charge is 2.28.